The molecule has 1 aromatic rings. The number of aromatic nitrogens is 1. The summed E-state index contributed by atoms with van der Waals surface area (Å²) in [5.41, 5.74) is 6.10. The normalized spacial score (nSPS) is 13.7. The lowest BCUT2D eigenvalue weighted by atomic mass is 10.3. The summed E-state index contributed by atoms with van der Waals surface area (Å²) < 4.78 is 31.4. The van der Waals surface area contributed by atoms with Gasteiger partial charge >= 0.3 is 0 Å². The van der Waals surface area contributed by atoms with Crippen LogP contribution in [0.4, 0.5) is 0 Å². The van der Waals surface area contributed by atoms with Gasteiger partial charge in [-0.25, -0.2) is 8.42 Å². The number of pyridine rings is 1. The fourth-order valence-corrected chi connectivity index (χ4v) is 3.43. The summed E-state index contributed by atoms with van der Waals surface area (Å²) in [5, 5.41) is 0. The minimum atomic E-state index is -3.55. The third kappa shape index (κ3) is 3.73. The summed E-state index contributed by atoms with van der Waals surface area (Å²) in [6.45, 7) is 4.63. The first-order valence-electron chi connectivity index (χ1n) is 6.13. The van der Waals surface area contributed by atoms with Gasteiger partial charge in [0.25, 0.3) is 0 Å². The number of nitrogens with two attached hydrogens (primary N) is 1. The molecule has 0 radical (unpaired) electrons. The Morgan fingerprint density at radius 3 is 2.58 bits per heavy atom. The van der Waals surface area contributed by atoms with Crippen molar-refractivity contribution >= 4 is 10.0 Å². The molecule has 0 fully saturated rings. The highest BCUT2D eigenvalue weighted by molar-refractivity contribution is 7.89. The molecule has 19 heavy (non-hydrogen) atoms. The molecular formula is C12H21N3O3S. The van der Waals surface area contributed by atoms with Crippen molar-refractivity contribution < 1.29 is 13.2 Å². The molecule has 0 aliphatic heterocycles. The van der Waals surface area contributed by atoms with Gasteiger partial charge in [-0.05, 0) is 19.1 Å². The van der Waals surface area contributed by atoms with Gasteiger partial charge in [-0.2, -0.15) is 4.31 Å². The van der Waals surface area contributed by atoms with Gasteiger partial charge in [-0.15, -0.1) is 0 Å². The van der Waals surface area contributed by atoms with Crippen molar-refractivity contribution in [2.24, 2.45) is 5.73 Å². The topological polar surface area (TPSA) is 85.5 Å². The lowest BCUT2D eigenvalue weighted by molar-refractivity contribution is 0.142. The van der Waals surface area contributed by atoms with Crippen LogP contribution in [0.5, 0.6) is 0 Å². The van der Waals surface area contributed by atoms with Crippen LogP contribution >= 0.6 is 0 Å². The molecule has 0 bridgehead atoms. The highest BCUT2D eigenvalue weighted by Gasteiger charge is 2.27. The molecule has 0 saturated carbocycles. The molecule has 6 nitrogen and oxygen atoms in total. The van der Waals surface area contributed by atoms with Crippen LogP contribution in [0.3, 0.4) is 0 Å². The van der Waals surface area contributed by atoms with Gasteiger partial charge in [0.15, 0.2) is 0 Å². The molecule has 1 atom stereocenters. The molecule has 1 heterocycles. The monoisotopic (exact) mass is 287 g/mol. The van der Waals surface area contributed by atoms with Gasteiger partial charge in [0.1, 0.15) is 4.90 Å². The summed E-state index contributed by atoms with van der Waals surface area (Å²) in [6.07, 6.45) is 1.35. The Bertz CT molecular complexity index is 487. The van der Waals surface area contributed by atoms with E-state index in [1.54, 1.807) is 20.1 Å². The van der Waals surface area contributed by atoms with E-state index in [-0.39, 0.29) is 17.5 Å². The number of ether oxygens (including phenoxy) is 1. The Labute approximate surface area is 114 Å². The molecule has 1 aromatic heterocycles. The minimum absolute atomic E-state index is 0.175. The van der Waals surface area contributed by atoms with Crippen LogP contribution in [0.1, 0.15) is 19.5 Å². The second-order valence-electron chi connectivity index (χ2n) is 4.20. The fraction of sp³-hybridized carbons (Fsp3) is 0.583. The van der Waals surface area contributed by atoms with E-state index in [4.69, 9.17) is 10.5 Å². The molecule has 0 saturated heterocycles. The predicted molar refractivity (Wildman–Crippen MR) is 73.0 cm³/mol. The van der Waals surface area contributed by atoms with Crippen molar-refractivity contribution in [1.82, 2.24) is 9.29 Å². The Hall–Kier alpha value is -1.02. The van der Waals surface area contributed by atoms with Crippen LogP contribution in [-0.2, 0) is 21.3 Å². The molecule has 1 unspecified atom stereocenters. The number of sulfonamides is 1. The Morgan fingerprint density at radius 2 is 2.16 bits per heavy atom. The number of hydrogen-bond donors (Lipinski definition) is 1. The first-order chi connectivity index (χ1) is 8.97. The molecule has 7 heteroatoms. The quantitative estimate of drug-likeness (QED) is 0.793. The van der Waals surface area contributed by atoms with E-state index >= 15 is 0 Å². The molecule has 0 aliphatic rings. The first-order valence-corrected chi connectivity index (χ1v) is 7.57. The summed E-state index contributed by atoms with van der Waals surface area (Å²) in [5.74, 6) is 0. The molecule has 1 rings (SSSR count). The van der Waals surface area contributed by atoms with Gasteiger partial charge in [0.2, 0.25) is 10.0 Å². The molecular weight excluding hydrogens is 266 g/mol. The van der Waals surface area contributed by atoms with Crippen molar-refractivity contribution in [3.05, 3.63) is 24.0 Å². The maximum absolute atomic E-state index is 12.5. The molecule has 0 spiro atoms. The van der Waals surface area contributed by atoms with Gasteiger partial charge in [-0.1, -0.05) is 6.92 Å². The molecule has 0 aromatic carbocycles. The maximum atomic E-state index is 12.5. The zero-order chi connectivity index (χ0) is 14.5. The first kappa shape index (κ1) is 16.0. The van der Waals surface area contributed by atoms with Gasteiger partial charge in [0.05, 0.1) is 12.3 Å². The smallest absolute Gasteiger partial charge is 0.244 e. The Morgan fingerprint density at radius 1 is 1.47 bits per heavy atom. The van der Waals surface area contributed by atoms with Crippen LogP contribution in [0.2, 0.25) is 0 Å². The van der Waals surface area contributed by atoms with Crippen molar-refractivity contribution in [3.63, 3.8) is 0 Å². The van der Waals surface area contributed by atoms with Crippen molar-refractivity contribution in [2.75, 3.05) is 20.3 Å². The van der Waals surface area contributed by atoms with Crippen LogP contribution in [-0.4, -0.2) is 44.0 Å². The fourth-order valence-electron chi connectivity index (χ4n) is 1.86. The van der Waals surface area contributed by atoms with Gasteiger partial charge in [-0.3, -0.25) is 4.98 Å². The summed E-state index contributed by atoms with van der Waals surface area (Å²) >= 11 is 0. The Balaban J connectivity index is 3.05. The van der Waals surface area contributed by atoms with Crippen molar-refractivity contribution in [2.45, 2.75) is 31.3 Å². The second kappa shape index (κ2) is 6.95. The van der Waals surface area contributed by atoms with Crippen LogP contribution < -0.4 is 5.73 Å². The van der Waals surface area contributed by atoms with E-state index in [0.29, 0.717) is 18.8 Å². The third-order valence-corrected chi connectivity index (χ3v) is 4.90. The van der Waals surface area contributed by atoms with E-state index in [9.17, 15) is 8.42 Å². The standard InChI is InChI=1S/C12H21N3O3S/c1-4-15(10(2)9-18-3)19(16,17)12-6-5-11(7-13)14-8-12/h5-6,8,10H,4,7,9,13H2,1-3H3. The number of hydrogen-bond acceptors (Lipinski definition) is 5. The van der Waals surface area contributed by atoms with E-state index in [2.05, 4.69) is 4.98 Å². The van der Waals surface area contributed by atoms with E-state index in [1.807, 2.05) is 6.92 Å². The number of rotatable bonds is 7. The summed E-state index contributed by atoms with van der Waals surface area (Å²) in [4.78, 5) is 4.20. The van der Waals surface area contributed by atoms with Crippen LogP contribution in [0, 0.1) is 0 Å². The van der Waals surface area contributed by atoms with Crippen LogP contribution in [0.25, 0.3) is 0 Å². The molecule has 0 amide bonds. The molecule has 0 aliphatic carbocycles. The van der Waals surface area contributed by atoms with Crippen LogP contribution in [0.15, 0.2) is 23.2 Å². The van der Waals surface area contributed by atoms with Gasteiger partial charge in [0, 0.05) is 32.4 Å². The lowest BCUT2D eigenvalue weighted by Crippen LogP contribution is -2.40. The molecule has 2 N–H and O–H groups in total. The number of nitrogens with zero attached hydrogens (tertiary/aromatic N) is 2. The average molecular weight is 287 g/mol. The van der Waals surface area contributed by atoms with Gasteiger partial charge < -0.3 is 10.5 Å². The highest BCUT2D eigenvalue weighted by Crippen LogP contribution is 2.17. The van der Waals surface area contributed by atoms with E-state index in [0.717, 1.165) is 0 Å². The second-order valence-corrected chi connectivity index (χ2v) is 6.09. The maximum Gasteiger partial charge on any atom is 0.244 e. The zero-order valence-corrected chi connectivity index (χ0v) is 12.4. The third-order valence-electron chi connectivity index (χ3n) is 2.82. The largest absolute Gasteiger partial charge is 0.383 e. The molecule has 108 valence electrons. The van der Waals surface area contributed by atoms with E-state index in [1.165, 1.54) is 16.6 Å². The zero-order valence-electron chi connectivity index (χ0n) is 11.5. The lowest BCUT2D eigenvalue weighted by Gasteiger charge is -2.26. The summed E-state index contributed by atoms with van der Waals surface area (Å²) in [7, 11) is -2.00. The SMILES string of the molecule is CCN(C(C)COC)S(=O)(=O)c1ccc(CN)nc1. The minimum Gasteiger partial charge on any atom is -0.383 e. The van der Waals surface area contributed by atoms with Crippen molar-refractivity contribution in [1.29, 1.82) is 0 Å². The summed E-state index contributed by atoms with van der Waals surface area (Å²) in [6, 6.07) is 2.93. The average Bonchev–Trinajstić information content (AvgIpc) is 2.39. The van der Waals surface area contributed by atoms with E-state index < -0.39 is 10.0 Å². The van der Waals surface area contributed by atoms with Crippen molar-refractivity contribution in [3.8, 4) is 0 Å². The predicted octanol–water partition coefficient (Wildman–Crippen LogP) is 0.586. The number of methoxy groups -OCH3 is 1. The Kier molecular flexibility index (Phi) is 5.86. The highest BCUT2D eigenvalue weighted by atomic mass is 32.2. The number of likely N-dealkylation sites (N-methyl/N-ethyl adjacent to an activating group) is 1.